The predicted octanol–water partition coefficient (Wildman–Crippen LogP) is 2.27. The molecule has 0 aliphatic heterocycles. The molecule has 0 amide bonds. The molecule has 0 spiro atoms. The summed E-state index contributed by atoms with van der Waals surface area (Å²) < 4.78 is 22.8. The molecular formula is C11H13FO3. The zero-order valence-electron chi connectivity index (χ0n) is 8.70. The molecule has 1 aromatic carbocycles. The Hall–Kier alpha value is -1.58. The van der Waals surface area contributed by atoms with Crippen LogP contribution in [0.3, 0.4) is 0 Å². The third-order valence-electron chi connectivity index (χ3n) is 1.89. The molecule has 1 rings (SSSR count). The second-order valence-corrected chi connectivity index (χ2v) is 2.89. The maximum atomic E-state index is 13.3. The molecule has 0 saturated carbocycles. The highest BCUT2D eigenvalue weighted by Crippen LogP contribution is 2.21. The number of hydrogen-bond donors (Lipinski definition) is 0. The first-order valence-corrected chi connectivity index (χ1v) is 4.63. The van der Waals surface area contributed by atoms with E-state index in [-0.39, 0.29) is 5.56 Å². The van der Waals surface area contributed by atoms with Crippen molar-refractivity contribution in [1.82, 2.24) is 0 Å². The summed E-state index contributed by atoms with van der Waals surface area (Å²) in [5.41, 5.74) is 0.269. The third-order valence-corrected chi connectivity index (χ3v) is 1.89. The number of carbonyl (C=O) groups is 1. The summed E-state index contributed by atoms with van der Waals surface area (Å²) in [5, 5.41) is 0. The van der Waals surface area contributed by atoms with Gasteiger partial charge >= 0.3 is 5.97 Å². The quantitative estimate of drug-likeness (QED) is 0.718. The highest BCUT2D eigenvalue weighted by molar-refractivity contribution is 5.76. The fraction of sp³-hybridized carbons (Fsp3) is 0.364. The predicted molar refractivity (Wildman–Crippen MR) is 53.5 cm³/mol. The smallest absolute Gasteiger partial charge is 0.345 e. The van der Waals surface area contributed by atoms with E-state index in [9.17, 15) is 9.18 Å². The molecule has 1 unspecified atom stereocenters. The van der Waals surface area contributed by atoms with Crippen LogP contribution in [0.4, 0.5) is 4.39 Å². The lowest BCUT2D eigenvalue weighted by Crippen LogP contribution is -2.09. The second kappa shape index (κ2) is 5.34. The molecule has 0 aromatic heterocycles. The fourth-order valence-electron chi connectivity index (χ4n) is 1.14. The number of halogens is 1. The topological polar surface area (TPSA) is 35.5 Å². The molecule has 3 nitrogen and oxygen atoms in total. The number of rotatable bonds is 4. The van der Waals surface area contributed by atoms with Crippen molar-refractivity contribution in [3.8, 4) is 5.75 Å². The number of ether oxygens (including phenoxy) is 2. The van der Waals surface area contributed by atoms with Crippen LogP contribution in [-0.4, -0.2) is 19.7 Å². The van der Waals surface area contributed by atoms with E-state index >= 15 is 0 Å². The van der Waals surface area contributed by atoms with Crippen molar-refractivity contribution in [2.45, 2.75) is 13.1 Å². The first-order valence-electron chi connectivity index (χ1n) is 4.63. The Morgan fingerprint density at radius 1 is 1.40 bits per heavy atom. The molecule has 0 bridgehead atoms. The SMILES string of the molecule is CCOc1ccc(C(F)C(=O)OC)cc1. The van der Waals surface area contributed by atoms with Crippen LogP contribution in [0, 0.1) is 0 Å². The first-order chi connectivity index (χ1) is 7.19. The normalized spacial score (nSPS) is 11.9. The number of alkyl halides is 1. The van der Waals surface area contributed by atoms with E-state index in [0.717, 1.165) is 7.11 Å². The lowest BCUT2D eigenvalue weighted by Gasteiger charge is -2.07. The minimum Gasteiger partial charge on any atom is -0.494 e. The van der Waals surface area contributed by atoms with E-state index < -0.39 is 12.1 Å². The van der Waals surface area contributed by atoms with Crippen molar-refractivity contribution in [3.63, 3.8) is 0 Å². The molecule has 0 heterocycles. The molecule has 4 heteroatoms. The van der Waals surface area contributed by atoms with Gasteiger partial charge in [-0.15, -0.1) is 0 Å². The Labute approximate surface area is 87.8 Å². The van der Waals surface area contributed by atoms with E-state index in [1.165, 1.54) is 12.1 Å². The van der Waals surface area contributed by atoms with Crippen LogP contribution in [0.15, 0.2) is 24.3 Å². The van der Waals surface area contributed by atoms with Crippen LogP contribution in [0.25, 0.3) is 0 Å². The Morgan fingerprint density at radius 3 is 2.47 bits per heavy atom. The van der Waals surface area contributed by atoms with Gasteiger partial charge in [0, 0.05) is 0 Å². The Bertz CT molecular complexity index is 321. The van der Waals surface area contributed by atoms with E-state index in [2.05, 4.69) is 4.74 Å². The zero-order valence-corrected chi connectivity index (χ0v) is 8.70. The summed E-state index contributed by atoms with van der Waals surface area (Å²) in [6, 6.07) is 6.25. The van der Waals surface area contributed by atoms with Gasteiger partial charge in [-0.05, 0) is 24.6 Å². The van der Waals surface area contributed by atoms with Crippen LogP contribution >= 0.6 is 0 Å². The number of carbonyl (C=O) groups excluding carboxylic acids is 1. The highest BCUT2D eigenvalue weighted by Gasteiger charge is 2.19. The monoisotopic (exact) mass is 212 g/mol. The number of esters is 1. The largest absolute Gasteiger partial charge is 0.494 e. The second-order valence-electron chi connectivity index (χ2n) is 2.89. The van der Waals surface area contributed by atoms with Gasteiger partial charge in [-0.3, -0.25) is 0 Å². The minimum atomic E-state index is -1.73. The van der Waals surface area contributed by atoms with Gasteiger partial charge in [-0.2, -0.15) is 0 Å². The summed E-state index contributed by atoms with van der Waals surface area (Å²) in [5.74, 6) is -0.238. The summed E-state index contributed by atoms with van der Waals surface area (Å²) >= 11 is 0. The number of benzene rings is 1. The molecule has 0 saturated heterocycles. The average molecular weight is 212 g/mol. The molecule has 1 atom stereocenters. The van der Waals surface area contributed by atoms with Crippen molar-refractivity contribution in [2.24, 2.45) is 0 Å². The van der Waals surface area contributed by atoms with Crippen LogP contribution in [-0.2, 0) is 9.53 Å². The van der Waals surface area contributed by atoms with Crippen molar-refractivity contribution in [3.05, 3.63) is 29.8 Å². The molecule has 0 aliphatic carbocycles. The van der Waals surface area contributed by atoms with Gasteiger partial charge in [0.2, 0.25) is 6.17 Å². The third kappa shape index (κ3) is 2.94. The van der Waals surface area contributed by atoms with E-state index in [1.54, 1.807) is 12.1 Å². The summed E-state index contributed by atoms with van der Waals surface area (Å²) in [7, 11) is 1.16. The standard InChI is InChI=1S/C11H13FO3/c1-3-15-9-6-4-8(5-7-9)10(12)11(13)14-2/h4-7,10H,3H2,1-2H3. The summed E-state index contributed by atoms with van der Waals surface area (Å²) in [6.45, 7) is 2.41. The molecule has 1 aromatic rings. The lowest BCUT2D eigenvalue weighted by molar-refractivity contribution is -0.146. The van der Waals surface area contributed by atoms with Gasteiger partial charge in [-0.25, -0.2) is 9.18 Å². The van der Waals surface area contributed by atoms with Gasteiger partial charge in [0.05, 0.1) is 13.7 Å². The van der Waals surface area contributed by atoms with Gasteiger partial charge < -0.3 is 9.47 Å². The molecule has 0 N–H and O–H groups in total. The van der Waals surface area contributed by atoms with Crippen molar-refractivity contribution in [2.75, 3.05) is 13.7 Å². The average Bonchev–Trinajstić information content (AvgIpc) is 2.28. The van der Waals surface area contributed by atoms with Gasteiger partial charge in [0.1, 0.15) is 5.75 Å². The number of methoxy groups -OCH3 is 1. The van der Waals surface area contributed by atoms with Crippen LogP contribution < -0.4 is 4.74 Å². The molecule has 0 radical (unpaired) electrons. The number of hydrogen-bond acceptors (Lipinski definition) is 3. The Balaban J connectivity index is 2.75. The molecule has 15 heavy (non-hydrogen) atoms. The maximum absolute atomic E-state index is 13.3. The zero-order chi connectivity index (χ0) is 11.3. The fourth-order valence-corrected chi connectivity index (χ4v) is 1.14. The van der Waals surface area contributed by atoms with Gasteiger partial charge in [0.15, 0.2) is 0 Å². The van der Waals surface area contributed by atoms with Gasteiger partial charge in [-0.1, -0.05) is 12.1 Å². The summed E-state index contributed by atoms with van der Waals surface area (Å²) in [6.07, 6.45) is -1.73. The van der Waals surface area contributed by atoms with Crippen molar-refractivity contribution >= 4 is 5.97 Å². The molecular weight excluding hydrogens is 199 g/mol. The first kappa shape index (κ1) is 11.5. The Morgan fingerprint density at radius 2 is 2.00 bits per heavy atom. The van der Waals surface area contributed by atoms with E-state index in [1.807, 2.05) is 6.92 Å². The highest BCUT2D eigenvalue weighted by atomic mass is 19.1. The molecule has 0 fully saturated rings. The van der Waals surface area contributed by atoms with Crippen LogP contribution in [0.5, 0.6) is 5.75 Å². The Kier molecular flexibility index (Phi) is 4.09. The maximum Gasteiger partial charge on any atom is 0.345 e. The summed E-state index contributed by atoms with van der Waals surface area (Å²) in [4.78, 5) is 10.9. The van der Waals surface area contributed by atoms with Gasteiger partial charge in [0.25, 0.3) is 0 Å². The van der Waals surface area contributed by atoms with Crippen molar-refractivity contribution in [1.29, 1.82) is 0 Å². The minimum absolute atomic E-state index is 0.269. The molecule has 0 aliphatic rings. The lowest BCUT2D eigenvalue weighted by atomic mass is 10.1. The van der Waals surface area contributed by atoms with E-state index in [4.69, 9.17) is 4.74 Å². The molecule has 82 valence electrons. The van der Waals surface area contributed by atoms with Crippen LogP contribution in [0.1, 0.15) is 18.7 Å². The van der Waals surface area contributed by atoms with Crippen LogP contribution in [0.2, 0.25) is 0 Å². The van der Waals surface area contributed by atoms with E-state index in [0.29, 0.717) is 12.4 Å². The van der Waals surface area contributed by atoms with Crippen molar-refractivity contribution < 1.29 is 18.7 Å².